The van der Waals surface area contributed by atoms with E-state index >= 15 is 4.39 Å². The van der Waals surface area contributed by atoms with Gasteiger partial charge in [0.05, 0.1) is 29.9 Å². The highest BCUT2D eigenvalue weighted by Gasteiger charge is 2.18. The van der Waals surface area contributed by atoms with Gasteiger partial charge in [0, 0.05) is 17.7 Å². The van der Waals surface area contributed by atoms with Gasteiger partial charge in [-0.1, -0.05) is 109 Å². The van der Waals surface area contributed by atoms with Crippen LogP contribution in [0.4, 0.5) is 4.39 Å². The highest BCUT2D eigenvalue weighted by Crippen LogP contribution is 2.25. The normalized spacial score (nSPS) is 11.1. The van der Waals surface area contributed by atoms with E-state index in [1.165, 1.54) is 112 Å². The molecule has 0 saturated heterocycles. The van der Waals surface area contributed by atoms with Crippen molar-refractivity contribution in [2.45, 2.75) is 111 Å². The van der Waals surface area contributed by atoms with Gasteiger partial charge in [0.1, 0.15) is 40.3 Å². The smallest absolute Gasteiger partial charge is 0.346 e. The van der Waals surface area contributed by atoms with Crippen LogP contribution >= 0.6 is 0 Å². The van der Waals surface area contributed by atoms with E-state index in [9.17, 15) is 19.2 Å². The maximum atomic E-state index is 15.1. The number of carbonyl (C=O) groups is 4. The Morgan fingerprint density at radius 1 is 0.455 bits per heavy atom. The van der Waals surface area contributed by atoms with Crippen molar-refractivity contribution >= 4 is 30.0 Å². The Hall–Kier alpha value is -6.75. The Labute approximate surface area is 388 Å². The Balaban J connectivity index is 1.03. The third-order valence-electron chi connectivity index (χ3n) is 10.6. The molecule has 0 unspecified atom stereocenters. The van der Waals surface area contributed by atoms with Gasteiger partial charge in [-0.25, -0.2) is 23.6 Å². The summed E-state index contributed by atoms with van der Waals surface area (Å²) in [7, 11) is 0. The molecule has 0 amide bonds. The van der Waals surface area contributed by atoms with Gasteiger partial charge in [0.2, 0.25) is 0 Å². The van der Waals surface area contributed by atoms with Crippen molar-refractivity contribution in [2.75, 3.05) is 13.2 Å². The molecule has 66 heavy (non-hydrogen) atoms. The van der Waals surface area contributed by atoms with Crippen LogP contribution in [0.1, 0.15) is 147 Å². The first-order valence-corrected chi connectivity index (χ1v) is 23.1. The summed E-state index contributed by atoms with van der Waals surface area (Å²) in [4.78, 5) is 51.5. The molecule has 0 aliphatic rings. The highest BCUT2D eigenvalue weighted by molar-refractivity contribution is 5.95. The second-order valence-corrected chi connectivity index (χ2v) is 16.1. The summed E-state index contributed by atoms with van der Waals surface area (Å²) in [6, 6.07) is 29.0. The summed E-state index contributed by atoms with van der Waals surface area (Å²) in [5.74, 6) is -2.35. The van der Waals surface area contributed by atoms with Crippen LogP contribution in [0.5, 0.6) is 34.5 Å². The number of ether oxygens (including phenoxy) is 6. The molecule has 0 spiro atoms. The van der Waals surface area contributed by atoms with E-state index in [-0.39, 0.29) is 34.1 Å². The third kappa shape index (κ3) is 17.3. The van der Waals surface area contributed by atoms with Crippen LogP contribution in [0.2, 0.25) is 0 Å². The molecule has 0 heterocycles. The number of hydrogen-bond donors (Lipinski definition) is 0. The Morgan fingerprint density at radius 2 is 0.879 bits per heavy atom. The summed E-state index contributed by atoms with van der Waals surface area (Å²) >= 11 is 0. The van der Waals surface area contributed by atoms with Crippen molar-refractivity contribution in [3.05, 3.63) is 149 Å². The Bertz CT molecular complexity index is 2340. The summed E-state index contributed by atoms with van der Waals surface area (Å²) in [6.45, 7) is 7.25. The monoisotopic (exact) mass is 900 g/mol. The molecule has 0 fully saturated rings. The number of rotatable bonds is 27. The van der Waals surface area contributed by atoms with Gasteiger partial charge in [-0.3, -0.25) is 0 Å². The SMILES string of the molecule is CCCCCCCCCCCCOc1ccc(C(=O)Oc2ccc(C(=O)Oc3cccc(OC(=O)c4ccc(OC(=O)/C(C)=C/c5ccc(OCCCCCC)cc5)cc4F)c3)cc2)cc1. The van der Waals surface area contributed by atoms with Crippen molar-refractivity contribution in [1.29, 1.82) is 0 Å². The fraction of sp³-hybridized carbons (Fsp3) is 0.345. The lowest BCUT2D eigenvalue weighted by Gasteiger charge is -2.10. The van der Waals surface area contributed by atoms with Crippen LogP contribution in [0.25, 0.3) is 6.08 Å². The van der Waals surface area contributed by atoms with Crippen molar-refractivity contribution in [3.63, 3.8) is 0 Å². The van der Waals surface area contributed by atoms with Crippen LogP contribution in [-0.2, 0) is 4.79 Å². The van der Waals surface area contributed by atoms with E-state index in [0.29, 0.717) is 24.5 Å². The van der Waals surface area contributed by atoms with Crippen LogP contribution in [-0.4, -0.2) is 37.1 Å². The highest BCUT2D eigenvalue weighted by atomic mass is 19.1. The minimum atomic E-state index is -1.02. The third-order valence-corrected chi connectivity index (χ3v) is 10.6. The van der Waals surface area contributed by atoms with Crippen LogP contribution in [0.15, 0.2) is 121 Å². The first-order chi connectivity index (χ1) is 32.1. The molecule has 0 N–H and O–H groups in total. The zero-order valence-corrected chi connectivity index (χ0v) is 38.3. The predicted octanol–water partition coefficient (Wildman–Crippen LogP) is 13.8. The number of esters is 4. The first kappa shape index (κ1) is 50.3. The number of benzene rings is 5. The predicted molar refractivity (Wildman–Crippen MR) is 253 cm³/mol. The molecule has 0 aromatic heterocycles. The minimum absolute atomic E-state index is 0.0107. The number of halogens is 1. The average Bonchev–Trinajstić information content (AvgIpc) is 3.31. The topological polar surface area (TPSA) is 124 Å². The van der Waals surface area contributed by atoms with Crippen LogP contribution in [0.3, 0.4) is 0 Å². The zero-order valence-electron chi connectivity index (χ0n) is 38.3. The van der Waals surface area contributed by atoms with Crippen molar-refractivity contribution in [3.8, 4) is 34.5 Å². The molecular weight excluding hydrogens is 840 g/mol. The lowest BCUT2D eigenvalue weighted by atomic mass is 10.1. The van der Waals surface area contributed by atoms with E-state index in [1.807, 2.05) is 24.3 Å². The molecule has 0 bridgehead atoms. The van der Waals surface area contributed by atoms with E-state index in [2.05, 4.69) is 13.8 Å². The molecule has 5 aromatic rings. The molecule has 10 nitrogen and oxygen atoms in total. The molecule has 11 heteroatoms. The lowest BCUT2D eigenvalue weighted by Crippen LogP contribution is -2.13. The molecule has 0 saturated carbocycles. The second kappa shape index (κ2) is 27.5. The van der Waals surface area contributed by atoms with Crippen molar-refractivity contribution in [2.24, 2.45) is 0 Å². The molecule has 0 aliphatic heterocycles. The van der Waals surface area contributed by atoms with E-state index in [4.69, 9.17) is 28.4 Å². The summed E-state index contributed by atoms with van der Waals surface area (Å²) in [5.41, 5.74) is 1.16. The van der Waals surface area contributed by atoms with Crippen LogP contribution in [0, 0.1) is 5.82 Å². The Kier molecular flexibility index (Phi) is 21.0. The lowest BCUT2D eigenvalue weighted by molar-refractivity contribution is -0.130. The molecular formula is C55H61FO10. The van der Waals surface area contributed by atoms with Gasteiger partial charge < -0.3 is 28.4 Å². The first-order valence-electron chi connectivity index (χ1n) is 23.1. The zero-order chi connectivity index (χ0) is 46.9. The fourth-order valence-corrected chi connectivity index (χ4v) is 6.82. The van der Waals surface area contributed by atoms with Gasteiger partial charge in [-0.05, 0) is 116 Å². The molecule has 0 aliphatic carbocycles. The molecule has 5 rings (SSSR count). The second-order valence-electron chi connectivity index (χ2n) is 16.1. The standard InChI is InChI=1S/C55H61FO10/c1-4-6-8-10-11-12-13-14-15-17-36-62-45-29-23-42(24-30-45)53(58)63-46-31-25-43(26-32-46)54(59)65-47-19-18-20-48(38-47)66-55(60)50-34-33-49(39-51(50)56)64-52(57)40(3)37-41-21-27-44(28-22-41)61-35-16-9-7-5-2/h18-34,37-39H,4-17,35-36H2,1-3H3/b40-37+. The molecule has 348 valence electrons. The number of unbranched alkanes of at least 4 members (excludes halogenated alkanes) is 12. The fourth-order valence-electron chi connectivity index (χ4n) is 6.82. The van der Waals surface area contributed by atoms with Gasteiger partial charge in [0.15, 0.2) is 0 Å². The molecule has 0 atom stereocenters. The summed E-state index contributed by atoms with van der Waals surface area (Å²) in [5, 5.41) is 0. The summed E-state index contributed by atoms with van der Waals surface area (Å²) in [6.07, 6.45) is 18.6. The van der Waals surface area contributed by atoms with Crippen molar-refractivity contribution in [1.82, 2.24) is 0 Å². The minimum Gasteiger partial charge on any atom is -0.494 e. The largest absolute Gasteiger partial charge is 0.494 e. The Morgan fingerprint density at radius 3 is 1.41 bits per heavy atom. The van der Waals surface area contributed by atoms with Gasteiger partial charge in [-0.2, -0.15) is 0 Å². The quantitative estimate of drug-likeness (QED) is 0.0218. The van der Waals surface area contributed by atoms with E-state index in [0.717, 1.165) is 55.5 Å². The number of carbonyl (C=O) groups excluding carboxylic acids is 4. The molecule has 5 aromatic carbocycles. The van der Waals surface area contributed by atoms with Gasteiger partial charge in [0.25, 0.3) is 0 Å². The van der Waals surface area contributed by atoms with Crippen LogP contribution < -0.4 is 28.4 Å². The maximum absolute atomic E-state index is 15.1. The van der Waals surface area contributed by atoms with Gasteiger partial charge >= 0.3 is 23.9 Å². The van der Waals surface area contributed by atoms with E-state index in [1.54, 1.807) is 37.3 Å². The average molecular weight is 901 g/mol. The maximum Gasteiger partial charge on any atom is 0.346 e. The summed E-state index contributed by atoms with van der Waals surface area (Å²) < 4.78 is 48.5. The molecule has 0 radical (unpaired) electrons. The van der Waals surface area contributed by atoms with Gasteiger partial charge in [-0.15, -0.1) is 0 Å². The van der Waals surface area contributed by atoms with Crippen molar-refractivity contribution < 1.29 is 52.0 Å². The number of hydrogen-bond acceptors (Lipinski definition) is 10. The van der Waals surface area contributed by atoms with E-state index < -0.39 is 35.3 Å².